The minimum absolute atomic E-state index is 0. The molecule has 1 saturated heterocycles. The molecular weight excluding hydrogens is 258 g/mol. The predicted octanol–water partition coefficient (Wildman–Crippen LogP) is 2.37. The van der Waals surface area contributed by atoms with E-state index in [1.165, 1.54) is 43.5 Å². The van der Waals surface area contributed by atoms with Crippen LogP contribution in [0.4, 0.5) is 0 Å². The minimum atomic E-state index is 0. The van der Waals surface area contributed by atoms with Crippen molar-refractivity contribution in [1.29, 1.82) is 0 Å². The van der Waals surface area contributed by atoms with E-state index >= 15 is 0 Å². The minimum Gasteiger partial charge on any atom is -0.327 e. The van der Waals surface area contributed by atoms with Crippen molar-refractivity contribution in [3.8, 4) is 0 Å². The van der Waals surface area contributed by atoms with E-state index < -0.39 is 0 Å². The van der Waals surface area contributed by atoms with Crippen LogP contribution in [-0.4, -0.2) is 29.0 Å². The molecule has 3 rings (SSSR count). The maximum absolute atomic E-state index is 6.27. The van der Waals surface area contributed by atoms with Crippen molar-refractivity contribution in [2.75, 3.05) is 13.1 Å². The smallest absolute Gasteiger partial charge is 0.0315 e. The summed E-state index contributed by atoms with van der Waals surface area (Å²) in [5.41, 5.74) is 8.98. The van der Waals surface area contributed by atoms with Crippen molar-refractivity contribution in [3.63, 3.8) is 0 Å². The van der Waals surface area contributed by atoms with Gasteiger partial charge in [0.25, 0.3) is 0 Å². The highest BCUT2D eigenvalue weighted by molar-refractivity contribution is 5.85. The van der Waals surface area contributed by atoms with Crippen LogP contribution in [0.3, 0.4) is 0 Å². The summed E-state index contributed by atoms with van der Waals surface area (Å²) in [7, 11) is 0. The molecule has 4 heteroatoms. The molecule has 2 fully saturated rings. The molecule has 0 spiro atoms. The topological polar surface area (TPSA) is 42.2 Å². The predicted molar refractivity (Wildman–Crippen MR) is 80.3 cm³/mol. The largest absolute Gasteiger partial charge is 0.327 e. The van der Waals surface area contributed by atoms with Crippen molar-refractivity contribution in [3.05, 3.63) is 29.6 Å². The molecule has 2 N–H and O–H groups in total. The fourth-order valence-corrected chi connectivity index (χ4v) is 3.64. The maximum Gasteiger partial charge on any atom is 0.0315 e. The second-order valence-electron chi connectivity index (χ2n) is 6.01. The summed E-state index contributed by atoms with van der Waals surface area (Å²) in [5, 5.41) is 0. The van der Waals surface area contributed by atoms with Gasteiger partial charge in [0.15, 0.2) is 0 Å². The standard InChI is InChI=1S/C15H23N3.ClH/c1-11-5-6-17-7-13(11)9-18-8-12-3-2-4-15(16)14(12)10-18;/h5-7,12,14-15H,2-4,8-10,16H2,1H3;1H. The first-order valence-electron chi connectivity index (χ1n) is 7.11. The molecule has 0 radical (unpaired) electrons. The Balaban J connectivity index is 0.00000133. The van der Waals surface area contributed by atoms with Gasteiger partial charge in [-0.2, -0.15) is 0 Å². The quantitative estimate of drug-likeness (QED) is 0.905. The number of likely N-dealkylation sites (tertiary alicyclic amines) is 1. The molecule has 3 nitrogen and oxygen atoms in total. The fourth-order valence-electron chi connectivity index (χ4n) is 3.64. The number of nitrogens with zero attached hydrogens (tertiary/aromatic N) is 2. The van der Waals surface area contributed by atoms with Gasteiger partial charge in [0.05, 0.1) is 0 Å². The van der Waals surface area contributed by atoms with Crippen molar-refractivity contribution < 1.29 is 0 Å². The number of halogens is 1. The Labute approximate surface area is 122 Å². The van der Waals surface area contributed by atoms with Crippen LogP contribution in [0.2, 0.25) is 0 Å². The summed E-state index contributed by atoms with van der Waals surface area (Å²) in [6, 6.07) is 2.54. The lowest BCUT2D eigenvalue weighted by Gasteiger charge is -2.29. The number of fused-ring (bicyclic) bond motifs is 1. The van der Waals surface area contributed by atoms with Gasteiger partial charge in [-0.05, 0) is 48.8 Å². The van der Waals surface area contributed by atoms with Gasteiger partial charge < -0.3 is 5.73 Å². The molecule has 0 aromatic carbocycles. The summed E-state index contributed by atoms with van der Waals surface area (Å²) in [5.74, 6) is 1.57. The molecule has 2 aliphatic rings. The van der Waals surface area contributed by atoms with E-state index in [2.05, 4.69) is 22.9 Å². The highest BCUT2D eigenvalue weighted by Gasteiger charge is 2.38. The van der Waals surface area contributed by atoms with E-state index in [-0.39, 0.29) is 12.4 Å². The van der Waals surface area contributed by atoms with E-state index in [1.54, 1.807) is 0 Å². The number of aromatic nitrogens is 1. The molecule has 1 aliphatic heterocycles. The molecular formula is C15H24ClN3. The molecule has 1 aliphatic carbocycles. The third-order valence-electron chi connectivity index (χ3n) is 4.77. The maximum atomic E-state index is 6.27. The van der Waals surface area contributed by atoms with Gasteiger partial charge in [0.1, 0.15) is 0 Å². The molecule has 0 bridgehead atoms. The van der Waals surface area contributed by atoms with Crippen LogP contribution in [0.25, 0.3) is 0 Å². The van der Waals surface area contributed by atoms with Crippen LogP contribution in [0, 0.1) is 18.8 Å². The van der Waals surface area contributed by atoms with E-state index in [0.29, 0.717) is 6.04 Å². The van der Waals surface area contributed by atoms with Crippen LogP contribution >= 0.6 is 12.4 Å². The molecule has 1 aromatic rings. The average Bonchev–Trinajstić information content (AvgIpc) is 2.76. The third-order valence-corrected chi connectivity index (χ3v) is 4.77. The summed E-state index contributed by atoms with van der Waals surface area (Å²) in [6.07, 6.45) is 7.81. The van der Waals surface area contributed by atoms with Crippen LogP contribution in [0.15, 0.2) is 18.5 Å². The van der Waals surface area contributed by atoms with Gasteiger partial charge in [-0.25, -0.2) is 0 Å². The first-order chi connectivity index (χ1) is 8.74. The molecule has 1 saturated carbocycles. The highest BCUT2D eigenvalue weighted by Crippen LogP contribution is 2.36. The Kier molecular flexibility index (Phi) is 4.82. The first-order valence-corrected chi connectivity index (χ1v) is 7.11. The number of rotatable bonds is 2. The lowest BCUT2D eigenvalue weighted by Crippen LogP contribution is -2.38. The molecule has 19 heavy (non-hydrogen) atoms. The Hall–Kier alpha value is -0.640. The Morgan fingerprint density at radius 3 is 2.95 bits per heavy atom. The number of nitrogens with two attached hydrogens (primary N) is 1. The zero-order valence-corrected chi connectivity index (χ0v) is 12.4. The average molecular weight is 282 g/mol. The summed E-state index contributed by atoms with van der Waals surface area (Å²) in [4.78, 5) is 6.82. The van der Waals surface area contributed by atoms with Gasteiger partial charge in [-0.3, -0.25) is 9.88 Å². The monoisotopic (exact) mass is 281 g/mol. The van der Waals surface area contributed by atoms with Crippen LogP contribution in [0.5, 0.6) is 0 Å². The zero-order valence-electron chi connectivity index (χ0n) is 11.6. The fraction of sp³-hybridized carbons (Fsp3) is 0.667. The Bertz CT molecular complexity index is 424. The van der Waals surface area contributed by atoms with Crippen molar-refractivity contribution in [2.45, 2.75) is 38.8 Å². The van der Waals surface area contributed by atoms with E-state index in [0.717, 1.165) is 18.4 Å². The molecule has 3 atom stereocenters. The molecule has 3 unspecified atom stereocenters. The second-order valence-corrected chi connectivity index (χ2v) is 6.01. The van der Waals surface area contributed by atoms with E-state index in [1.807, 2.05) is 12.4 Å². The van der Waals surface area contributed by atoms with Crippen molar-refractivity contribution in [2.24, 2.45) is 17.6 Å². The number of pyridine rings is 1. The first kappa shape index (κ1) is 14.8. The lowest BCUT2D eigenvalue weighted by molar-refractivity contribution is 0.259. The zero-order chi connectivity index (χ0) is 12.5. The number of aryl methyl sites for hydroxylation is 1. The van der Waals surface area contributed by atoms with Crippen molar-refractivity contribution in [1.82, 2.24) is 9.88 Å². The summed E-state index contributed by atoms with van der Waals surface area (Å²) < 4.78 is 0. The third kappa shape index (κ3) is 3.10. The SMILES string of the molecule is Cc1ccncc1CN1CC2CCCC(N)C2C1.Cl. The molecule has 106 valence electrons. The van der Waals surface area contributed by atoms with Gasteiger partial charge in [-0.15, -0.1) is 12.4 Å². The summed E-state index contributed by atoms with van der Waals surface area (Å²) >= 11 is 0. The van der Waals surface area contributed by atoms with Crippen LogP contribution < -0.4 is 5.73 Å². The number of hydrogen-bond acceptors (Lipinski definition) is 3. The van der Waals surface area contributed by atoms with Gasteiger partial charge in [-0.1, -0.05) is 6.42 Å². The summed E-state index contributed by atoms with van der Waals surface area (Å²) in [6.45, 7) is 5.62. The highest BCUT2D eigenvalue weighted by atomic mass is 35.5. The van der Waals surface area contributed by atoms with Crippen LogP contribution in [-0.2, 0) is 6.54 Å². The van der Waals surface area contributed by atoms with Crippen LogP contribution in [0.1, 0.15) is 30.4 Å². The van der Waals surface area contributed by atoms with E-state index in [4.69, 9.17) is 5.73 Å². The molecule has 0 amide bonds. The Morgan fingerprint density at radius 1 is 1.37 bits per heavy atom. The van der Waals surface area contributed by atoms with Gasteiger partial charge >= 0.3 is 0 Å². The molecule has 1 aromatic heterocycles. The number of hydrogen-bond donors (Lipinski definition) is 1. The van der Waals surface area contributed by atoms with E-state index in [9.17, 15) is 0 Å². The van der Waals surface area contributed by atoms with Gasteiger partial charge in [0.2, 0.25) is 0 Å². The second kappa shape index (κ2) is 6.21. The Morgan fingerprint density at radius 2 is 2.21 bits per heavy atom. The lowest BCUT2D eigenvalue weighted by atomic mass is 9.78. The van der Waals surface area contributed by atoms with Gasteiger partial charge in [0, 0.05) is 38.1 Å². The normalized spacial score (nSPS) is 30.7. The molecule has 2 heterocycles. The van der Waals surface area contributed by atoms with Crippen molar-refractivity contribution >= 4 is 12.4 Å².